The number of furan rings is 2. The van der Waals surface area contributed by atoms with Gasteiger partial charge in [-0.3, -0.25) is 0 Å². The zero-order valence-electron chi connectivity index (χ0n) is 26.5. The third-order valence-electron chi connectivity index (χ3n) is 9.67. The van der Waals surface area contributed by atoms with Crippen LogP contribution in [0.3, 0.4) is 0 Å². The van der Waals surface area contributed by atoms with Crippen LogP contribution in [0.25, 0.3) is 76.9 Å². The smallest absolute Gasteiger partial charge is 0.143 e. The van der Waals surface area contributed by atoms with E-state index in [0.717, 1.165) is 77.6 Å². The van der Waals surface area contributed by atoms with Crippen LogP contribution in [0.1, 0.15) is 0 Å². The quantitative estimate of drug-likeness (QED) is 0.190. The highest BCUT2D eigenvalue weighted by Crippen LogP contribution is 2.45. The van der Waals surface area contributed by atoms with Gasteiger partial charge in [0.1, 0.15) is 22.3 Å². The van der Waals surface area contributed by atoms with Crippen molar-refractivity contribution >= 4 is 71.7 Å². The summed E-state index contributed by atoms with van der Waals surface area (Å²) in [5, 5.41) is 6.91. The Kier molecular flexibility index (Phi) is 6.18. The fraction of sp³-hybridized carbons (Fsp3) is 0. The fourth-order valence-corrected chi connectivity index (χ4v) is 7.42. The van der Waals surface area contributed by atoms with Crippen molar-refractivity contribution in [1.29, 1.82) is 0 Å². The second kappa shape index (κ2) is 11.0. The average Bonchev–Trinajstić information content (AvgIpc) is 3.74. The van der Waals surface area contributed by atoms with Crippen molar-refractivity contribution in [2.75, 3.05) is 4.90 Å². The maximum atomic E-state index is 6.40. The van der Waals surface area contributed by atoms with Gasteiger partial charge in [0.15, 0.2) is 0 Å². The molecule has 49 heavy (non-hydrogen) atoms. The minimum absolute atomic E-state index is 0.863. The molecule has 10 rings (SSSR count). The molecular formula is C46H29NO2. The minimum Gasteiger partial charge on any atom is -0.456 e. The lowest BCUT2D eigenvalue weighted by Gasteiger charge is -2.27. The van der Waals surface area contributed by atoms with Crippen LogP contribution in [0, 0.1) is 0 Å². The summed E-state index contributed by atoms with van der Waals surface area (Å²) in [5.41, 5.74) is 11.3. The first-order chi connectivity index (χ1) is 24.3. The number of anilines is 3. The van der Waals surface area contributed by atoms with Gasteiger partial charge in [-0.25, -0.2) is 0 Å². The molecule has 0 radical (unpaired) electrons. The van der Waals surface area contributed by atoms with Crippen LogP contribution in [-0.2, 0) is 0 Å². The highest BCUT2D eigenvalue weighted by Gasteiger charge is 2.20. The van der Waals surface area contributed by atoms with E-state index in [1.54, 1.807) is 0 Å². The van der Waals surface area contributed by atoms with Gasteiger partial charge in [-0.05, 0) is 76.0 Å². The maximum absolute atomic E-state index is 6.40. The van der Waals surface area contributed by atoms with E-state index < -0.39 is 0 Å². The first kappa shape index (κ1) is 27.5. The number of hydrogen-bond acceptors (Lipinski definition) is 3. The van der Waals surface area contributed by atoms with Crippen molar-refractivity contribution in [2.45, 2.75) is 0 Å². The lowest BCUT2D eigenvalue weighted by atomic mass is 9.97. The number of fused-ring (bicyclic) bond motifs is 7. The van der Waals surface area contributed by atoms with E-state index >= 15 is 0 Å². The molecule has 0 aliphatic rings. The van der Waals surface area contributed by atoms with Crippen molar-refractivity contribution in [2.24, 2.45) is 0 Å². The molecule has 0 atom stereocenters. The van der Waals surface area contributed by atoms with Crippen molar-refractivity contribution in [3.63, 3.8) is 0 Å². The largest absolute Gasteiger partial charge is 0.456 e. The SMILES string of the molecule is c1cc(-c2cccc3ccccc23)cc(N(c2ccc(-c3cccc4c3oc3ccccc34)cc2)c2cccc3oc4ccccc4c23)c1. The lowest BCUT2D eigenvalue weighted by Crippen LogP contribution is -2.10. The van der Waals surface area contributed by atoms with Gasteiger partial charge in [-0.15, -0.1) is 0 Å². The highest BCUT2D eigenvalue weighted by atomic mass is 16.3. The molecule has 0 bridgehead atoms. The molecule has 0 amide bonds. The van der Waals surface area contributed by atoms with E-state index in [2.05, 4.69) is 157 Å². The minimum atomic E-state index is 0.863. The number of rotatable bonds is 5. The van der Waals surface area contributed by atoms with Crippen LogP contribution >= 0.6 is 0 Å². The Labute approximate surface area is 282 Å². The fourth-order valence-electron chi connectivity index (χ4n) is 7.42. The standard InChI is InChI=1S/C46H29NO2/c1-2-15-35-30(11-1)12-8-18-36(35)32-13-7-14-34(29-32)47(41-21-10-24-44-45(41)40-17-4-6-23-43(40)48-44)33-27-25-31(26-28-33)37-19-9-20-39-38-16-3-5-22-42(38)49-46(37)39/h1-29H. The average molecular weight is 628 g/mol. The van der Waals surface area contributed by atoms with Crippen LogP contribution in [-0.4, -0.2) is 0 Å². The second-order valence-electron chi connectivity index (χ2n) is 12.5. The normalized spacial score (nSPS) is 11.7. The molecule has 8 aromatic carbocycles. The van der Waals surface area contributed by atoms with Gasteiger partial charge in [0.25, 0.3) is 0 Å². The zero-order valence-corrected chi connectivity index (χ0v) is 26.5. The topological polar surface area (TPSA) is 29.5 Å². The Hall–Kier alpha value is -6.58. The van der Waals surface area contributed by atoms with E-state index in [4.69, 9.17) is 8.83 Å². The summed E-state index contributed by atoms with van der Waals surface area (Å²) in [6, 6.07) is 62.0. The Morgan fingerprint density at radius 1 is 0.367 bits per heavy atom. The van der Waals surface area contributed by atoms with Gasteiger partial charge < -0.3 is 13.7 Å². The molecule has 0 aliphatic heterocycles. The molecule has 0 spiro atoms. The van der Waals surface area contributed by atoms with Crippen molar-refractivity contribution in [1.82, 2.24) is 0 Å². The molecule has 0 N–H and O–H groups in total. The summed E-state index contributed by atoms with van der Waals surface area (Å²) in [6.45, 7) is 0. The first-order valence-electron chi connectivity index (χ1n) is 16.6. The summed E-state index contributed by atoms with van der Waals surface area (Å²) >= 11 is 0. The van der Waals surface area contributed by atoms with E-state index in [0.29, 0.717) is 0 Å². The lowest BCUT2D eigenvalue weighted by molar-refractivity contribution is 0.669. The van der Waals surface area contributed by atoms with Gasteiger partial charge in [0.05, 0.1) is 11.1 Å². The number of para-hydroxylation sites is 3. The maximum Gasteiger partial charge on any atom is 0.143 e. The Bertz CT molecular complexity index is 2830. The second-order valence-corrected chi connectivity index (χ2v) is 12.5. The summed E-state index contributed by atoms with van der Waals surface area (Å²) in [4.78, 5) is 2.35. The van der Waals surface area contributed by atoms with Crippen LogP contribution < -0.4 is 4.90 Å². The van der Waals surface area contributed by atoms with Gasteiger partial charge in [0.2, 0.25) is 0 Å². The van der Waals surface area contributed by atoms with Crippen LogP contribution in [0.2, 0.25) is 0 Å². The molecule has 2 heterocycles. The van der Waals surface area contributed by atoms with Gasteiger partial charge >= 0.3 is 0 Å². The molecule has 0 aliphatic carbocycles. The summed E-state index contributed by atoms with van der Waals surface area (Å²) in [6.07, 6.45) is 0. The van der Waals surface area contributed by atoms with Crippen molar-refractivity contribution in [3.8, 4) is 22.3 Å². The predicted molar refractivity (Wildman–Crippen MR) is 204 cm³/mol. The van der Waals surface area contributed by atoms with Crippen molar-refractivity contribution in [3.05, 3.63) is 176 Å². The van der Waals surface area contributed by atoms with E-state index in [-0.39, 0.29) is 0 Å². The van der Waals surface area contributed by atoms with Gasteiger partial charge in [0, 0.05) is 33.1 Å². The van der Waals surface area contributed by atoms with Crippen molar-refractivity contribution < 1.29 is 8.83 Å². The molecule has 3 heteroatoms. The zero-order chi connectivity index (χ0) is 32.3. The number of hydrogen-bond donors (Lipinski definition) is 0. The number of benzene rings is 8. The molecular weight excluding hydrogens is 599 g/mol. The molecule has 10 aromatic rings. The predicted octanol–water partition coefficient (Wildman–Crippen LogP) is 13.4. The number of nitrogens with zero attached hydrogens (tertiary/aromatic N) is 1. The third-order valence-corrected chi connectivity index (χ3v) is 9.67. The molecule has 0 unspecified atom stereocenters. The molecule has 0 saturated carbocycles. The van der Waals surface area contributed by atoms with Crippen LogP contribution in [0.4, 0.5) is 17.1 Å². The highest BCUT2D eigenvalue weighted by molar-refractivity contribution is 6.14. The van der Waals surface area contributed by atoms with Crippen LogP contribution in [0.15, 0.2) is 185 Å². The third kappa shape index (κ3) is 4.44. The molecule has 0 saturated heterocycles. The van der Waals surface area contributed by atoms with Crippen LogP contribution in [0.5, 0.6) is 0 Å². The van der Waals surface area contributed by atoms with E-state index in [9.17, 15) is 0 Å². The summed E-state index contributed by atoms with van der Waals surface area (Å²) in [7, 11) is 0. The molecule has 0 fully saturated rings. The first-order valence-corrected chi connectivity index (χ1v) is 16.6. The molecule has 230 valence electrons. The Morgan fingerprint density at radius 2 is 1.00 bits per heavy atom. The Morgan fingerprint density at radius 3 is 1.88 bits per heavy atom. The van der Waals surface area contributed by atoms with Gasteiger partial charge in [-0.2, -0.15) is 0 Å². The van der Waals surface area contributed by atoms with E-state index in [1.807, 2.05) is 24.3 Å². The Balaban J connectivity index is 1.17. The summed E-state index contributed by atoms with van der Waals surface area (Å²) in [5.74, 6) is 0. The molecule has 2 aromatic heterocycles. The van der Waals surface area contributed by atoms with Gasteiger partial charge in [-0.1, -0.05) is 127 Å². The molecule has 3 nitrogen and oxygen atoms in total. The summed E-state index contributed by atoms with van der Waals surface area (Å²) < 4.78 is 12.8. The van der Waals surface area contributed by atoms with E-state index in [1.165, 1.54) is 16.3 Å². The monoisotopic (exact) mass is 627 g/mol.